The van der Waals surface area contributed by atoms with Crippen LogP contribution >= 0.6 is 11.3 Å². The van der Waals surface area contributed by atoms with Crippen LogP contribution in [0.2, 0.25) is 0 Å². The lowest BCUT2D eigenvalue weighted by Gasteiger charge is -1.95. The summed E-state index contributed by atoms with van der Waals surface area (Å²) in [5, 5.41) is 2.91. The molecule has 0 radical (unpaired) electrons. The second kappa shape index (κ2) is 2.31. The normalized spacial score (nSPS) is 10.7. The molecule has 11 heavy (non-hydrogen) atoms. The van der Waals surface area contributed by atoms with Crippen LogP contribution in [0.25, 0.3) is 10.1 Å². The highest BCUT2D eigenvalue weighted by Gasteiger charge is 2.03. The van der Waals surface area contributed by atoms with Crippen LogP contribution in [0.15, 0.2) is 23.6 Å². The van der Waals surface area contributed by atoms with Gasteiger partial charge in [0, 0.05) is 0 Å². The van der Waals surface area contributed by atoms with E-state index in [0.29, 0.717) is 0 Å². The van der Waals surface area contributed by atoms with Crippen molar-refractivity contribution in [1.29, 1.82) is 0 Å². The Bertz CT molecular complexity index is 389. The van der Waals surface area contributed by atoms with Gasteiger partial charge in [0.1, 0.15) is 5.82 Å². The Kier molecular flexibility index (Phi) is 1.43. The Morgan fingerprint density at radius 3 is 2.91 bits per heavy atom. The number of hydrogen-bond donors (Lipinski definition) is 0. The van der Waals surface area contributed by atoms with Crippen LogP contribution in [0.5, 0.6) is 0 Å². The molecule has 0 saturated heterocycles. The number of benzene rings is 1. The van der Waals surface area contributed by atoms with Crippen molar-refractivity contribution in [3.8, 4) is 0 Å². The van der Waals surface area contributed by atoms with Gasteiger partial charge in [-0.1, -0.05) is 12.1 Å². The fourth-order valence-electron chi connectivity index (χ4n) is 1.10. The highest BCUT2D eigenvalue weighted by Crippen LogP contribution is 2.25. The van der Waals surface area contributed by atoms with Crippen molar-refractivity contribution in [2.24, 2.45) is 0 Å². The van der Waals surface area contributed by atoms with Gasteiger partial charge in [-0.05, 0) is 29.3 Å². The van der Waals surface area contributed by atoms with Crippen LogP contribution in [0.3, 0.4) is 0 Å². The van der Waals surface area contributed by atoms with E-state index in [9.17, 15) is 4.39 Å². The molecule has 56 valence electrons. The summed E-state index contributed by atoms with van der Waals surface area (Å²) < 4.78 is 14.0. The molecular formula is C9H7FS. The lowest BCUT2D eigenvalue weighted by atomic mass is 10.2. The number of rotatable bonds is 0. The van der Waals surface area contributed by atoms with Gasteiger partial charge in [-0.25, -0.2) is 4.39 Å². The molecule has 0 spiro atoms. The second-order valence-corrected chi connectivity index (χ2v) is 3.45. The Morgan fingerprint density at radius 2 is 2.09 bits per heavy atom. The fraction of sp³-hybridized carbons (Fsp3) is 0.111. The number of fused-ring (bicyclic) bond motifs is 1. The minimum Gasteiger partial charge on any atom is -0.205 e. The van der Waals surface area contributed by atoms with E-state index in [1.807, 2.05) is 23.6 Å². The first kappa shape index (κ1) is 6.80. The third-order valence-electron chi connectivity index (χ3n) is 1.75. The predicted octanol–water partition coefficient (Wildman–Crippen LogP) is 3.35. The molecule has 0 saturated carbocycles. The molecule has 0 unspecified atom stereocenters. The third kappa shape index (κ3) is 0.942. The van der Waals surface area contributed by atoms with Crippen LogP contribution in [0.4, 0.5) is 4.39 Å². The first-order valence-corrected chi connectivity index (χ1v) is 4.29. The largest absolute Gasteiger partial charge is 0.205 e. The summed E-state index contributed by atoms with van der Waals surface area (Å²) in [6, 6.07) is 5.69. The van der Waals surface area contributed by atoms with E-state index in [0.717, 1.165) is 15.6 Å². The first-order valence-electron chi connectivity index (χ1n) is 3.41. The molecule has 0 bridgehead atoms. The SMILES string of the molecule is Cc1ccc2ccsc2c1F. The molecule has 0 aliphatic heterocycles. The maximum absolute atomic E-state index is 13.2. The van der Waals surface area contributed by atoms with E-state index in [-0.39, 0.29) is 5.82 Å². The Balaban J connectivity index is 2.93. The number of aryl methyl sites for hydroxylation is 1. The van der Waals surface area contributed by atoms with E-state index in [2.05, 4.69) is 0 Å². The standard InChI is InChI=1S/C9H7FS/c1-6-2-3-7-4-5-11-9(7)8(6)10/h2-5H,1H3. The molecule has 2 aromatic rings. The number of halogens is 1. The summed E-state index contributed by atoms with van der Waals surface area (Å²) >= 11 is 1.45. The lowest BCUT2D eigenvalue weighted by molar-refractivity contribution is 0.632. The zero-order valence-corrected chi connectivity index (χ0v) is 6.91. The monoisotopic (exact) mass is 166 g/mol. The zero-order valence-electron chi connectivity index (χ0n) is 6.10. The molecule has 0 aliphatic carbocycles. The number of hydrogen-bond acceptors (Lipinski definition) is 1. The predicted molar refractivity (Wildman–Crippen MR) is 46.5 cm³/mol. The summed E-state index contributed by atoms with van der Waals surface area (Å²) in [6.45, 7) is 1.79. The highest BCUT2D eigenvalue weighted by molar-refractivity contribution is 7.17. The van der Waals surface area contributed by atoms with E-state index < -0.39 is 0 Å². The van der Waals surface area contributed by atoms with Crippen LogP contribution in [-0.4, -0.2) is 0 Å². The smallest absolute Gasteiger partial charge is 0.143 e. The average molecular weight is 166 g/mol. The summed E-state index contributed by atoms with van der Waals surface area (Å²) in [6.07, 6.45) is 0. The summed E-state index contributed by atoms with van der Waals surface area (Å²) in [7, 11) is 0. The van der Waals surface area contributed by atoms with E-state index in [1.165, 1.54) is 11.3 Å². The molecule has 2 rings (SSSR count). The minimum atomic E-state index is -0.0718. The summed E-state index contributed by atoms with van der Waals surface area (Å²) in [5.41, 5.74) is 0.722. The van der Waals surface area contributed by atoms with Crippen molar-refractivity contribution in [3.63, 3.8) is 0 Å². The Labute approximate surface area is 68.3 Å². The molecule has 0 aliphatic rings. The molecule has 0 atom stereocenters. The quantitative estimate of drug-likeness (QED) is 0.563. The van der Waals surface area contributed by atoms with E-state index in [1.54, 1.807) is 6.92 Å². The maximum atomic E-state index is 13.2. The van der Waals surface area contributed by atoms with Gasteiger partial charge in [-0.3, -0.25) is 0 Å². The average Bonchev–Trinajstić information content (AvgIpc) is 2.45. The van der Waals surface area contributed by atoms with Gasteiger partial charge >= 0.3 is 0 Å². The topological polar surface area (TPSA) is 0 Å². The van der Waals surface area contributed by atoms with Crippen molar-refractivity contribution in [2.45, 2.75) is 6.92 Å². The first-order chi connectivity index (χ1) is 5.29. The Hall–Kier alpha value is -0.890. The molecule has 2 heteroatoms. The zero-order chi connectivity index (χ0) is 7.84. The van der Waals surface area contributed by atoms with E-state index in [4.69, 9.17) is 0 Å². The molecule has 1 aromatic carbocycles. The minimum absolute atomic E-state index is 0.0718. The van der Waals surface area contributed by atoms with Crippen LogP contribution in [-0.2, 0) is 0 Å². The Morgan fingerprint density at radius 1 is 1.27 bits per heavy atom. The lowest BCUT2D eigenvalue weighted by Crippen LogP contribution is -1.79. The van der Waals surface area contributed by atoms with Crippen molar-refractivity contribution in [2.75, 3.05) is 0 Å². The molecule has 0 nitrogen and oxygen atoms in total. The van der Waals surface area contributed by atoms with Gasteiger partial charge in [0.15, 0.2) is 0 Å². The fourth-order valence-corrected chi connectivity index (χ4v) is 1.98. The van der Waals surface area contributed by atoms with Gasteiger partial charge in [-0.2, -0.15) is 0 Å². The molecule has 1 heterocycles. The molecule has 1 aromatic heterocycles. The maximum Gasteiger partial charge on any atom is 0.143 e. The van der Waals surface area contributed by atoms with Gasteiger partial charge in [-0.15, -0.1) is 11.3 Å². The van der Waals surface area contributed by atoms with Crippen molar-refractivity contribution < 1.29 is 4.39 Å². The van der Waals surface area contributed by atoms with Crippen LogP contribution in [0.1, 0.15) is 5.56 Å². The van der Waals surface area contributed by atoms with Crippen molar-refractivity contribution in [1.82, 2.24) is 0 Å². The highest BCUT2D eigenvalue weighted by atomic mass is 32.1. The van der Waals surface area contributed by atoms with Crippen molar-refractivity contribution >= 4 is 21.4 Å². The molecule has 0 fully saturated rings. The van der Waals surface area contributed by atoms with Crippen molar-refractivity contribution in [3.05, 3.63) is 35.0 Å². The van der Waals surface area contributed by atoms with Gasteiger partial charge in [0.25, 0.3) is 0 Å². The van der Waals surface area contributed by atoms with E-state index >= 15 is 0 Å². The summed E-state index contributed by atoms with van der Waals surface area (Å²) in [4.78, 5) is 0. The molecular weight excluding hydrogens is 159 g/mol. The van der Waals surface area contributed by atoms with Crippen LogP contribution < -0.4 is 0 Å². The van der Waals surface area contributed by atoms with Gasteiger partial charge in [0.05, 0.1) is 4.70 Å². The molecule has 0 amide bonds. The third-order valence-corrected chi connectivity index (χ3v) is 2.68. The second-order valence-electron chi connectivity index (χ2n) is 2.54. The number of thiophene rings is 1. The summed E-state index contributed by atoms with van der Waals surface area (Å²) in [5.74, 6) is -0.0718. The van der Waals surface area contributed by atoms with Gasteiger partial charge in [0.2, 0.25) is 0 Å². The van der Waals surface area contributed by atoms with Crippen LogP contribution in [0, 0.1) is 12.7 Å². The molecule has 0 N–H and O–H groups in total. The van der Waals surface area contributed by atoms with Gasteiger partial charge < -0.3 is 0 Å².